The van der Waals surface area contributed by atoms with Crippen molar-refractivity contribution < 1.29 is 19.4 Å². The fourth-order valence-corrected chi connectivity index (χ4v) is 1.92. The number of esters is 1. The zero-order valence-corrected chi connectivity index (χ0v) is 10.4. The third-order valence-corrected chi connectivity index (χ3v) is 2.69. The molecule has 7 heteroatoms. The molecule has 0 aliphatic heterocycles. The molecule has 1 aromatic rings. The van der Waals surface area contributed by atoms with E-state index in [2.05, 4.69) is 10.3 Å². The van der Waals surface area contributed by atoms with E-state index in [4.69, 9.17) is 9.84 Å². The highest BCUT2D eigenvalue weighted by Crippen LogP contribution is 2.17. The summed E-state index contributed by atoms with van der Waals surface area (Å²) in [5, 5.41) is 13.6. The summed E-state index contributed by atoms with van der Waals surface area (Å²) in [4.78, 5) is 25.8. The van der Waals surface area contributed by atoms with Crippen LogP contribution in [0.15, 0.2) is 5.38 Å². The second-order valence-corrected chi connectivity index (χ2v) is 4.19. The molecule has 1 aromatic heterocycles. The minimum atomic E-state index is -0.930. The number of hydrogen-bond donors (Lipinski definition) is 2. The number of carboxylic acid groups (broad SMARTS) is 1. The fraction of sp³-hybridized carbons (Fsp3) is 0.500. The van der Waals surface area contributed by atoms with Crippen LogP contribution in [0.1, 0.15) is 19.5 Å². The van der Waals surface area contributed by atoms with Gasteiger partial charge in [0.25, 0.3) is 0 Å². The van der Waals surface area contributed by atoms with Crippen LogP contribution in [0.4, 0.5) is 5.13 Å². The normalized spacial score (nSPS) is 11.9. The summed E-state index contributed by atoms with van der Waals surface area (Å²) in [5.74, 6) is -1.29. The Kier molecular flexibility index (Phi) is 4.89. The highest BCUT2D eigenvalue weighted by atomic mass is 32.1. The molecule has 94 valence electrons. The van der Waals surface area contributed by atoms with Gasteiger partial charge in [-0.25, -0.2) is 9.78 Å². The monoisotopic (exact) mass is 258 g/mol. The zero-order chi connectivity index (χ0) is 12.8. The van der Waals surface area contributed by atoms with Gasteiger partial charge < -0.3 is 15.2 Å². The number of carbonyl (C=O) groups is 2. The summed E-state index contributed by atoms with van der Waals surface area (Å²) in [6, 6.07) is -0.501. The Morgan fingerprint density at radius 1 is 1.65 bits per heavy atom. The molecule has 2 N–H and O–H groups in total. The minimum Gasteiger partial charge on any atom is -0.481 e. The second-order valence-electron chi connectivity index (χ2n) is 3.33. The van der Waals surface area contributed by atoms with Gasteiger partial charge in [0.1, 0.15) is 6.04 Å². The predicted molar refractivity (Wildman–Crippen MR) is 63.2 cm³/mol. The van der Waals surface area contributed by atoms with Crippen molar-refractivity contribution in [2.75, 3.05) is 11.9 Å². The summed E-state index contributed by atoms with van der Waals surface area (Å²) in [6.07, 6.45) is -0.119. The molecule has 0 aliphatic carbocycles. The van der Waals surface area contributed by atoms with Gasteiger partial charge in [-0.2, -0.15) is 0 Å². The van der Waals surface area contributed by atoms with Crippen molar-refractivity contribution in [3.05, 3.63) is 11.1 Å². The molecule has 0 aliphatic rings. The number of hydrogen-bond acceptors (Lipinski definition) is 6. The number of thiazole rings is 1. The van der Waals surface area contributed by atoms with Crippen LogP contribution in [-0.4, -0.2) is 34.7 Å². The quantitative estimate of drug-likeness (QED) is 0.744. The Balaban J connectivity index is 2.54. The molecular weight excluding hydrogens is 244 g/mol. The molecule has 6 nitrogen and oxygen atoms in total. The number of carbonyl (C=O) groups excluding carboxylic acids is 1. The summed E-state index contributed by atoms with van der Waals surface area (Å²) in [7, 11) is 0. The SMILES string of the molecule is CCOC(=O)C(C)Nc1nc(CC(=O)O)cs1. The van der Waals surface area contributed by atoms with E-state index in [1.165, 1.54) is 11.3 Å². The van der Waals surface area contributed by atoms with Crippen molar-refractivity contribution in [2.24, 2.45) is 0 Å². The lowest BCUT2D eigenvalue weighted by Gasteiger charge is -2.10. The Morgan fingerprint density at radius 2 is 2.35 bits per heavy atom. The van der Waals surface area contributed by atoms with Gasteiger partial charge in [0.05, 0.1) is 18.7 Å². The van der Waals surface area contributed by atoms with Crippen molar-refractivity contribution in [3.63, 3.8) is 0 Å². The number of rotatable bonds is 6. The van der Waals surface area contributed by atoms with Gasteiger partial charge in [0, 0.05) is 5.38 Å². The summed E-state index contributed by atoms with van der Waals surface area (Å²) < 4.78 is 4.83. The van der Waals surface area contributed by atoms with E-state index in [0.29, 0.717) is 17.4 Å². The smallest absolute Gasteiger partial charge is 0.328 e. The maximum Gasteiger partial charge on any atom is 0.328 e. The van der Waals surface area contributed by atoms with Crippen LogP contribution in [0.5, 0.6) is 0 Å². The first-order valence-electron chi connectivity index (χ1n) is 5.12. The minimum absolute atomic E-state index is 0.119. The van der Waals surface area contributed by atoms with Crippen LogP contribution in [-0.2, 0) is 20.7 Å². The Bertz CT molecular complexity index is 405. The van der Waals surface area contributed by atoms with E-state index in [-0.39, 0.29) is 12.4 Å². The summed E-state index contributed by atoms with van der Waals surface area (Å²) >= 11 is 1.26. The Morgan fingerprint density at radius 3 is 2.94 bits per heavy atom. The molecular formula is C10H14N2O4S. The average Bonchev–Trinajstić information content (AvgIpc) is 2.64. The van der Waals surface area contributed by atoms with Crippen LogP contribution >= 0.6 is 11.3 Å². The number of carboxylic acids is 1. The standard InChI is InChI=1S/C10H14N2O4S/c1-3-16-9(15)6(2)11-10-12-7(5-17-10)4-8(13)14/h5-6H,3-4H2,1-2H3,(H,11,12)(H,13,14). The van der Waals surface area contributed by atoms with Crippen molar-refractivity contribution >= 4 is 28.4 Å². The first kappa shape index (κ1) is 13.4. The van der Waals surface area contributed by atoms with Crippen molar-refractivity contribution in [3.8, 4) is 0 Å². The zero-order valence-electron chi connectivity index (χ0n) is 9.60. The van der Waals surface area contributed by atoms with E-state index < -0.39 is 12.0 Å². The lowest BCUT2D eigenvalue weighted by Crippen LogP contribution is -2.28. The number of aliphatic carboxylic acids is 1. The first-order chi connectivity index (χ1) is 8.02. The van der Waals surface area contributed by atoms with Gasteiger partial charge in [0.15, 0.2) is 5.13 Å². The Hall–Kier alpha value is -1.63. The fourth-order valence-electron chi connectivity index (χ4n) is 1.12. The van der Waals surface area contributed by atoms with Crippen LogP contribution < -0.4 is 5.32 Å². The van der Waals surface area contributed by atoms with Gasteiger partial charge >= 0.3 is 11.9 Å². The van der Waals surface area contributed by atoms with Crippen LogP contribution in [0.2, 0.25) is 0 Å². The highest BCUT2D eigenvalue weighted by Gasteiger charge is 2.15. The van der Waals surface area contributed by atoms with Crippen molar-refractivity contribution in [2.45, 2.75) is 26.3 Å². The lowest BCUT2D eigenvalue weighted by molar-refractivity contribution is -0.143. The number of ether oxygens (including phenoxy) is 1. The van der Waals surface area contributed by atoms with E-state index >= 15 is 0 Å². The molecule has 0 saturated heterocycles. The third-order valence-electron chi connectivity index (χ3n) is 1.86. The molecule has 0 spiro atoms. The Labute approximate surface area is 103 Å². The van der Waals surface area contributed by atoms with Crippen LogP contribution in [0.3, 0.4) is 0 Å². The van der Waals surface area contributed by atoms with E-state index in [1.54, 1.807) is 19.2 Å². The molecule has 1 atom stereocenters. The van der Waals surface area contributed by atoms with Crippen molar-refractivity contribution in [1.29, 1.82) is 0 Å². The largest absolute Gasteiger partial charge is 0.481 e. The number of aromatic nitrogens is 1. The lowest BCUT2D eigenvalue weighted by atomic mass is 10.3. The number of anilines is 1. The molecule has 1 heterocycles. The summed E-state index contributed by atoms with van der Waals surface area (Å²) in [5.41, 5.74) is 0.473. The second kappa shape index (κ2) is 6.19. The van der Waals surface area contributed by atoms with Gasteiger partial charge in [-0.15, -0.1) is 11.3 Å². The van der Waals surface area contributed by atoms with E-state index in [9.17, 15) is 9.59 Å². The van der Waals surface area contributed by atoms with Crippen LogP contribution in [0, 0.1) is 0 Å². The van der Waals surface area contributed by atoms with Gasteiger partial charge in [-0.05, 0) is 13.8 Å². The molecule has 1 rings (SSSR count). The molecule has 1 unspecified atom stereocenters. The first-order valence-corrected chi connectivity index (χ1v) is 6.00. The summed E-state index contributed by atoms with van der Waals surface area (Å²) in [6.45, 7) is 3.72. The van der Waals surface area contributed by atoms with E-state index in [1.807, 2.05) is 0 Å². The molecule has 0 saturated carbocycles. The van der Waals surface area contributed by atoms with Gasteiger partial charge in [-0.3, -0.25) is 4.79 Å². The van der Waals surface area contributed by atoms with E-state index in [0.717, 1.165) is 0 Å². The third kappa shape index (κ3) is 4.39. The molecule has 17 heavy (non-hydrogen) atoms. The average molecular weight is 258 g/mol. The molecule has 0 fully saturated rings. The van der Waals surface area contributed by atoms with Gasteiger partial charge in [-0.1, -0.05) is 0 Å². The topological polar surface area (TPSA) is 88.5 Å². The number of nitrogens with one attached hydrogen (secondary N) is 1. The van der Waals surface area contributed by atoms with Crippen molar-refractivity contribution in [1.82, 2.24) is 4.98 Å². The maximum absolute atomic E-state index is 11.3. The highest BCUT2D eigenvalue weighted by molar-refractivity contribution is 7.13. The molecule has 0 amide bonds. The van der Waals surface area contributed by atoms with Gasteiger partial charge in [0.2, 0.25) is 0 Å². The van der Waals surface area contributed by atoms with Crippen LogP contribution in [0.25, 0.3) is 0 Å². The molecule has 0 aromatic carbocycles. The predicted octanol–water partition coefficient (Wildman–Crippen LogP) is 1.13. The number of nitrogens with zero attached hydrogens (tertiary/aromatic N) is 1. The maximum atomic E-state index is 11.3. The molecule has 0 bridgehead atoms. The molecule has 0 radical (unpaired) electrons.